The third-order valence-electron chi connectivity index (χ3n) is 4.28. The lowest BCUT2D eigenvalue weighted by Gasteiger charge is -2.23. The number of hydrogen-bond acceptors (Lipinski definition) is 4. The van der Waals surface area contributed by atoms with Gasteiger partial charge in [-0.05, 0) is 55.5 Å². The maximum Gasteiger partial charge on any atom is 0.272 e. The standard InChI is InChI=1S/C21H16Cl3NO4S/c1-13-3-7-16(8-4-13)30(27,28)25(15-6-10-20(29-2)19(24)12-15)21(26)14-5-9-17(22)18(23)11-14/h3-12H,1-2H3. The molecule has 3 rings (SSSR count). The molecule has 5 nitrogen and oxygen atoms in total. The van der Waals surface area contributed by atoms with Gasteiger partial charge in [0.05, 0.1) is 32.8 Å². The van der Waals surface area contributed by atoms with Crippen LogP contribution in [0.5, 0.6) is 5.75 Å². The first-order valence-electron chi connectivity index (χ1n) is 8.60. The lowest BCUT2D eigenvalue weighted by Crippen LogP contribution is -2.37. The molecule has 0 radical (unpaired) electrons. The van der Waals surface area contributed by atoms with Crippen LogP contribution in [0.1, 0.15) is 15.9 Å². The number of ether oxygens (including phenoxy) is 1. The van der Waals surface area contributed by atoms with Crippen LogP contribution in [0.3, 0.4) is 0 Å². The topological polar surface area (TPSA) is 63.7 Å². The number of carbonyl (C=O) groups is 1. The van der Waals surface area contributed by atoms with E-state index in [1.807, 2.05) is 6.92 Å². The number of aryl methyl sites for hydroxylation is 1. The summed E-state index contributed by atoms with van der Waals surface area (Å²) in [5.41, 5.74) is 0.980. The summed E-state index contributed by atoms with van der Waals surface area (Å²) in [7, 11) is -2.84. The second-order valence-electron chi connectivity index (χ2n) is 6.34. The molecule has 156 valence electrons. The van der Waals surface area contributed by atoms with E-state index in [0.717, 1.165) is 5.56 Å². The number of hydrogen-bond donors (Lipinski definition) is 0. The van der Waals surface area contributed by atoms with Gasteiger partial charge in [0.25, 0.3) is 15.9 Å². The Kier molecular flexibility index (Phi) is 6.62. The SMILES string of the molecule is COc1ccc(N(C(=O)c2ccc(Cl)c(Cl)c2)S(=O)(=O)c2ccc(C)cc2)cc1Cl. The Morgan fingerprint density at radius 3 is 2.10 bits per heavy atom. The number of halogens is 3. The van der Waals surface area contributed by atoms with Gasteiger partial charge in [0, 0.05) is 5.56 Å². The molecule has 0 spiro atoms. The fourth-order valence-corrected chi connectivity index (χ4v) is 4.66. The Hall–Kier alpha value is -2.25. The van der Waals surface area contributed by atoms with Gasteiger partial charge >= 0.3 is 0 Å². The molecule has 0 unspecified atom stereocenters. The zero-order valence-electron chi connectivity index (χ0n) is 15.9. The first-order chi connectivity index (χ1) is 14.1. The summed E-state index contributed by atoms with van der Waals surface area (Å²) >= 11 is 18.2. The smallest absolute Gasteiger partial charge is 0.272 e. The molecular weight excluding hydrogens is 469 g/mol. The fraction of sp³-hybridized carbons (Fsp3) is 0.0952. The molecule has 0 aliphatic heterocycles. The highest BCUT2D eigenvalue weighted by atomic mass is 35.5. The Labute approximate surface area is 189 Å². The highest BCUT2D eigenvalue weighted by Crippen LogP contribution is 2.33. The summed E-state index contributed by atoms with van der Waals surface area (Å²) in [5.74, 6) is -0.467. The molecule has 30 heavy (non-hydrogen) atoms. The molecule has 0 aliphatic carbocycles. The molecular formula is C21H16Cl3NO4S. The van der Waals surface area contributed by atoms with Crippen LogP contribution < -0.4 is 9.04 Å². The number of carbonyl (C=O) groups excluding carboxylic acids is 1. The molecule has 0 atom stereocenters. The minimum Gasteiger partial charge on any atom is -0.495 e. The van der Waals surface area contributed by atoms with E-state index < -0.39 is 15.9 Å². The molecule has 3 aromatic rings. The maximum atomic E-state index is 13.4. The van der Waals surface area contributed by atoms with Gasteiger partial charge in [-0.25, -0.2) is 8.42 Å². The Bertz CT molecular complexity index is 1210. The predicted molar refractivity (Wildman–Crippen MR) is 120 cm³/mol. The Morgan fingerprint density at radius 1 is 0.867 bits per heavy atom. The van der Waals surface area contributed by atoms with Gasteiger partial charge in [-0.15, -0.1) is 0 Å². The van der Waals surface area contributed by atoms with Gasteiger partial charge in [0.2, 0.25) is 0 Å². The van der Waals surface area contributed by atoms with Crippen molar-refractivity contribution in [1.82, 2.24) is 0 Å². The molecule has 9 heteroatoms. The van der Waals surface area contributed by atoms with E-state index in [4.69, 9.17) is 39.5 Å². The molecule has 1 amide bonds. The molecule has 0 aromatic heterocycles. The zero-order chi connectivity index (χ0) is 22.1. The van der Waals surface area contributed by atoms with Crippen molar-refractivity contribution in [3.05, 3.63) is 86.9 Å². The van der Waals surface area contributed by atoms with Crippen LogP contribution >= 0.6 is 34.8 Å². The minimum atomic E-state index is -4.27. The first-order valence-corrected chi connectivity index (χ1v) is 11.2. The number of anilines is 1. The molecule has 0 saturated carbocycles. The van der Waals surface area contributed by atoms with Crippen LogP contribution in [0.2, 0.25) is 15.1 Å². The molecule has 0 bridgehead atoms. The number of benzene rings is 3. The summed E-state index contributed by atoms with van der Waals surface area (Å²) in [6, 6.07) is 14.6. The van der Waals surface area contributed by atoms with Crippen molar-refractivity contribution >= 4 is 56.4 Å². The third kappa shape index (κ3) is 4.42. The Balaban J connectivity index is 2.20. The van der Waals surface area contributed by atoms with Crippen molar-refractivity contribution in [3.8, 4) is 5.75 Å². The van der Waals surface area contributed by atoms with Crippen molar-refractivity contribution in [3.63, 3.8) is 0 Å². The molecule has 0 aliphatic rings. The predicted octanol–water partition coefficient (Wildman–Crippen LogP) is 6.00. The van der Waals surface area contributed by atoms with Gasteiger partial charge in [-0.1, -0.05) is 52.5 Å². The number of rotatable bonds is 5. The van der Waals surface area contributed by atoms with Crippen LogP contribution in [0.25, 0.3) is 0 Å². The van der Waals surface area contributed by atoms with Crippen molar-refractivity contribution in [1.29, 1.82) is 0 Å². The van der Waals surface area contributed by atoms with E-state index >= 15 is 0 Å². The normalized spacial score (nSPS) is 11.2. The van der Waals surface area contributed by atoms with Crippen LogP contribution in [-0.4, -0.2) is 21.4 Å². The van der Waals surface area contributed by atoms with E-state index in [9.17, 15) is 13.2 Å². The average Bonchev–Trinajstić information content (AvgIpc) is 2.70. The monoisotopic (exact) mass is 483 g/mol. The third-order valence-corrected chi connectivity index (χ3v) is 7.04. The molecule has 0 fully saturated rings. The fourth-order valence-electron chi connectivity index (χ4n) is 2.71. The van der Waals surface area contributed by atoms with Crippen molar-refractivity contribution in [2.75, 3.05) is 11.4 Å². The van der Waals surface area contributed by atoms with Crippen molar-refractivity contribution in [2.24, 2.45) is 0 Å². The quantitative estimate of drug-likeness (QED) is 0.445. The van der Waals surface area contributed by atoms with E-state index in [1.165, 1.54) is 55.6 Å². The number of amides is 1. The lowest BCUT2D eigenvalue weighted by molar-refractivity contribution is 0.101. The van der Waals surface area contributed by atoms with Crippen LogP contribution in [0.4, 0.5) is 5.69 Å². The largest absolute Gasteiger partial charge is 0.495 e. The van der Waals surface area contributed by atoms with Crippen LogP contribution in [0, 0.1) is 6.92 Å². The van der Waals surface area contributed by atoms with Gasteiger partial charge in [0.1, 0.15) is 5.75 Å². The van der Waals surface area contributed by atoms with Crippen LogP contribution in [-0.2, 0) is 10.0 Å². The van der Waals surface area contributed by atoms with E-state index in [2.05, 4.69) is 0 Å². The van der Waals surface area contributed by atoms with E-state index in [-0.39, 0.29) is 31.2 Å². The molecule has 0 saturated heterocycles. The van der Waals surface area contributed by atoms with Crippen molar-refractivity contribution < 1.29 is 17.9 Å². The summed E-state index contributed by atoms with van der Waals surface area (Å²) in [6.07, 6.45) is 0. The van der Waals surface area contributed by atoms with Crippen LogP contribution in [0.15, 0.2) is 65.6 Å². The highest BCUT2D eigenvalue weighted by Gasteiger charge is 2.32. The number of sulfonamides is 1. The lowest BCUT2D eigenvalue weighted by atomic mass is 10.2. The minimum absolute atomic E-state index is 0.0477. The zero-order valence-corrected chi connectivity index (χ0v) is 19.0. The van der Waals surface area contributed by atoms with Gasteiger partial charge < -0.3 is 4.74 Å². The van der Waals surface area contributed by atoms with Crippen molar-refractivity contribution in [2.45, 2.75) is 11.8 Å². The number of nitrogens with zero attached hydrogens (tertiary/aromatic N) is 1. The van der Waals surface area contributed by atoms with E-state index in [1.54, 1.807) is 12.1 Å². The maximum absolute atomic E-state index is 13.4. The summed E-state index contributed by atoms with van der Waals surface area (Å²) in [6.45, 7) is 1.83. The van der Waals surface area contributed by atoms with Gasteiger partial charge in [0.15, 0.2) is 0 Å². The van der Waals surface area contributed by atoms with Gasteiger partial charge in [-0.2, -0.15) is 4.31 Å². The summed E-state index contributed by atoms with van der Waals surface area (Å²) < 4.78 is 32.7. The van der Waals surface area contributed by atoms with Gasteiger partial charge in [-0.3, -0.25) is 4.79 Å². The highest BCUT2D eigenvalue weighted by molar-refractivity contribution is 7.93. The summed E-state index contributed by atoms with van der Waals surface area (Å²) in [5, 5.41) is 0.526. The first kappa shape index (κ1) is 22.4. The average molecular weight is 485 g/mol. The number of methoxy groups -OCH3 is 1. The Morgan fingerprint density at radius 2 is 1.53 bits per heavy atom. The second kappa shape index (κ2) is 8.86. The molecule has 0 N–H and O–H groups in total. The molecule has 0 heterocycles. The summed E-state index contributed by atoms with van der Waals surface area (Å²) in [4.78, 5) is 13.3. The van der Waals surface area contributed by atoms with E-state index in [0.29, 0.717) is 10.1 Å². The second-order valence-corrected chi connectivity index (χ2v) is 9.34. The molecule has 3 aromatic carbocycles.